The summed E-state index contributed by atoms with van der Waals surface area (Å²) in [6, 6.07) is 8.17. The van der Waals surface area contributed by atoms with Crippen LogP contribution in [-0.2, 0) is 30.8 Å². The van der Waals surface area contributed by atoms with Crippen LogP contribution < -0.4 is 10.6 Å². The molecule has 0 unspecified atom stereocenters. The monoisotopic (exact) mass is 450 g/mol. The number of carbonyl (C=O) groups excluding carboxylic acids is 2. The van der Waals surface area contributed by atoms with Crippen LogP contribution in [0.5, 0.6) is 0 Å². The van der Waals surface area contributed by atoms with E-state index < -0.39 is 34.8 Å². The predicted octanol–water partition coefficient (Wildman–Crippen LogP) is 4.55. The molecule has 0 aromatic heterocycles. The van der Waals surface area contributed by atoms with Gasteiger partial charge in [-0.1, -0.05) is 12.1 Å². The summed E-state index contributed by atoms with van der Waals surface area (Å²) in [5.41, 5.74) is -1.24. The molecular formula is C23H25F3N2O4. The van der Waals surface area contributed by atoms with Gasteiger partial charge in [-0.15, -0.1) is 0 Å². The molecule has 0 saturated heterocycles. The van der Waals surface area contributed by atoms with Crippen LogP contribution in [0.3, 0.4) is 0 Å². The Bertz CT molecular complexity index is 1070. The summed E-state index contributed by atoms with van der Waals surface area (Å²) < 4.78 is 50.0. The fourth-order valence-corrected chi connectivity index (χ4v) is 4.47. The van der Waals surface area contributed by atoms with E-state index in [2.05, 4.69) is 10.6 Å². The quantitative estimate of drug-likeness (QED) is 0.666. The molecule has 9 heteroatoms. The minimum absolute atomic E-state index is 0.0604. The summed E-state index contributed by atoms with van der Waals surface area (Å²) in [4.78, 5) is 26.0. The van der Waals surface area contributed by atoms with Crippen molar-refractivity contribution in [3.8, 4) is 0 Å². The van der Waals surface area contributed by atoms with Gasteiger partial charge in [0.1, 0.15) is 5.54 Å². The summed E-state index contributed by atoms with van der Waals surface area (Å²) in [7, 11) is 2.42. The first-order chi connectivity index (χ1) is 14.9. The van der Waals surface area contributed by atoms with Crippen molar-refractivity contribution in [1.82, 2.24) is 0 Å². The van der Waals surface area contributed by atoms with Crippen molar-refractivity contribution >= 4 is 23.3 Å². The summed E-state index contributed by atoms with van der Waals surface area (Å²) >= 11 is 0. The van der Waals surface area contributed by atoms with E-state index in [9.17, 15) is 22.8 Å². The standard InChI is InChI=1S/C23H25F3N2O4/c1-13-9-14(2)18-17(10-13)28-21(3,19(29)31-4)12-22(18,20(30)32-5)27-16-8-6-7-15(11-16)23(24,25)26/h6-11,27-28H,12H2,1-5H3/t21-,22+/m1/s1. The van der Waals surface area contributed by atoms with Crippen LogP contribution >= 0.6 is 0 Å². The highest BCUT2D eigenvalue weighted by molar-refractivity contribution is 5.95. The molecule has 32 heavy (non-hydrogen) atoms. The van der Waals surface area contributed by atoms with E-state index in [0.29, 0.717) is 16.8 Å². The molecule has 3 rings (SSSR count). The van der Waals surface area contributed by atoms with E-state index in [1.165, 1.54) is 26.4 Å². The van der Waals surface area contributed by atoms with Gasteiger partial charge in [0.25, 0.3) is 0 Å². The number of rotatable bonds is 4. The molecule has 2 aromatic rings. The first kappa shape index (κ1) is 23.4. The number of fused-ring (bicyclic) bond motifs is 1. The molecule has 0 amide bonds. The van der Waals surface area contributed by atoms with Gasteiger partial charge in [0.15, 0.2) is 5.54 Å². The topological polar surface area (TPSA) is 76.7 Å². The van der Waals surface area contributed by atoms with E-state index in [4.69, 9.17) is 9.47 Å². The lowest BCUT2D eigenvalue weighted by molar-refractivity contribution is -0.151. The van der Waals surface area contributed by atoms with Crippen LogP contribution in [0.4, 0.5) is 24.5 Å². The Labute approximate surface area is 184 Å². The molecule has 1 heterocycles. The zero-order chi connectivity index (χ0) is 23.9. The van der Waals surface area contributed by atoms with Crippen LogP contribution in [0.25, 0.3) is 0 Å². The molecule has 0 radical (unpaired) electrons. The summed E-state index contributed by atoms with van der Waals surface area (Å²) in [5, 5.41) is 6.14. The second-order valence-corrected chi connectivity index (χ2v) is 8.23. The predicted molar refractivity (Wildman–Crippen MR) is 113 cm³/mol. The first-order valence-electron chi connectivity index (χ1n) is 9.88. The van der Waals surface area contributed by atoms with Crippen molar-refractivity contribution in [2.45, 2.75) is 44.4 Å². The minimum Gasteiger partial charge on any atom is -0.467 e. The highest BCUT2D eigenvalue weighted by Crippen LogP contribution is 2.47. The fourth-order valence-electron chi connectivity index (χ4n) is 4.47. The van der Waals surface area contributed by atoms with Gasteiger partial charge < -0.3 is 20.1 Å². The van der Waals surface area contributed by atoms with Gasteiger partial charge in [-0.3, -0.25) is 0 Å². The maximum atomic E-state index is 13.3. The number of halogens is 3. The number of alkyl halides is 3. The Hall–Kier alpha value is -3.23. The lowest BCUT2D eigenvalue weighted by Crippen LogP contribution is -2.59. The Kier molecular flexibility index (Phi) is 5.88. The maximum absolute atomic E-state index is 13.3. The largest absolute Gasteiger partial charge is 0.467 e. The number of aryl methyl sites for hydroxylation is 2. The Morgan fingerprint density at radius 3 is 2.31 bits per heavy atom. The number of carbonyl (C=O) groups is 2. The van der Waals surface area contributed by atoms with Gasteiger partial charge in [0, 0.05) is 23.4 Å². The number of hydrogen-bond acceptors (Lipinski definition) is 6. The third-order valence-corrected chi connectivity index (χ3v) is 5.65. The average molecular weight is 450 g/mol. The smallest absolute Gasteiger partial charge is 0.416 e. The number of methoxy groups -OCH3 is 2. The summed E-state index contributed by atoms with van der Waals surface area (Å²) in [6.07, 6.45) is -4.72. The Morgan fingerprint density at radius 2 is 1.72 bits per heavy atom. The van der Waals surface area contributed by atoms with E-state index in [1.807, 2.05) is 13.0 Å². The molecule has 0 fully saturated rings. The van der Waals surface area contributed by atoms with Crippen LogP contribution in [0, 0.1) is 13.8 Å². The molecule has 2 N–H and O–H groups in total. The number of ether oxygens (including phenoxy) is 2. The molecule has 6 nitrogen and oxygen atoms in total. The van der Waals surface area contributed by atoms with Gasteiger partial charge in [-0.25, -0.2) is 9.59 Å². The van der Waals surface area contributed by atoms with Crippen molar-refractivity contribution < 1.29 is 32.2 Å². The van der Waals surface area contributed by atoms with Crippen molar-refractivity contribution in [3.63, 3.8) is 0 Å². The lowest BCUT2D eigenvalue weighted by Gasteiger charge is -2.46. The third kappa shape index (κ3) is 3.99. The lowest BCUT2D eigenvalue weighted by atomic mass is 9.71. The van der Waals surface area contributed by atoms with Crippen molar-refractivity contribution in [2.24, 2.45) is 0 Å². The normalized spacial score (nSPS) is 22.4. The number of hydrogen-bond donors (Lipinski definition) is 2. The Balaban J connectivity index is 2.28. The third-order valence-electron chi connectivity index (χ3n) is 5.65. The van der Waals surface area contributed by atoms with Gasteiger partial charge in [-0.05, 0) is 56.2 Å². The molecule has 172 valence electrons. The van der Waals surface area contributed by atoms with Crippen molar-refractivity contribution in [3.05, 3.63) is 58.7 Å². The number of nitrogens with one attached hydrogen (secondary N) is 2. The SMILES string of the molecule is COC(=O)[C@@]1(C)C[C@@](Nc2cccc(C(F)(F)F)c2)(C(=O)OC)c2c(C)cc(C)cc2N1. The maximum Gasteiger partial charge on any atom is 0.416 e. The van der Waals surface area contributed by atoms with Crippen molar-refractivity contribution in [2.75, 3.05) is 24.9 Å². The molecule has 0 saturated carbocycles. The second kappa shape index (κ2) is 8.03. The van der Waals surface area contributed by atoms with Gasteiger partial charge in [0.05, 0.1) is 19.8 Å². The molecule has 2 aromatic carbocycles. The summed E-state index contributed by atoms with van der Waals surface area (Å²) in [6.45, 7) is 5.23. The number of esters is 2. The van der Waals surface area contributed by atoms with Crippen LogP contribution in [0.15, 0.2) is 36.4 Å². The van der Waals surface area contributed by atoms with Gasteiger partial charge in [-0.2, -0.15) is 13.2 Å². The van der Waals surface area contributed by atoms with Gasteiger partial charge in [0.2, 0.25) is 0 Å². The fraction of sp³-hybridized carbons (Fsp3) is 0.391. The van der Waals surface area contributed by atoms with Crippen LogP contribution in [0.2, 0.25) is 0 Å². The van der Waals surface area contributed by atoms with Crippen LogP contribution in [-0.4, -0.2) is 31.7 Å². The highest BCUT2D eigenvalue weighted by atomic mass is 19.4. The molecule has 0 bridgehead atoms. The highest BCUT2D eigenvalue weighted by Gasteiger charge is 2.55. The van der Waals surface area contributed by atoms with Crippen LogP contribution in [0.1, 0.15) is 35.6 Å². The van der Waals surface area contributed by atoms with Crippen molar-refractivity contribution in [1.29, 1.82) is 0 Å². The molecule has 0 aliphatic carbocycles. The molecule has 0 spiro atoms. The first-order valence-corrected chi connectivity index (χ1v) is 9.88. The Morgan fingerprint density at radius 1 is 1.06 bits per heavy atom. The minimum atomic E-state index is -4.56. The zero-order valence-corrected chi connectivity index (χ0v) is 18.4. The summed E-state index contributed by atoms with van der Waals surface area (Å²) in [5.74, 6) is -1.36. The average Bonchev–Trinajstić information content (AvgIpc) is 2.71. The number of benzene rings is 2. The molecular weight excluding hydrogens is 425 g/mol. The van der Waals surface area contributed by atoms with E-state index in [-0.39, 0.29) is 12.1 Å². The molecule has 2 atom stereocenters. The second-order valence-electron chi connectivity index (χ2n) is 8.23. The zero-order valence-electron chi connectivity index (χ0n) is 18.4. The van der Waals surface area contributed by atoms with E-state index >= 15 is 0 Å². The van der Waals surface area contributed by atoms with Gasteiger partial charge >= 0.3 is 18.1 Å². The van der Waals surface area contributed by atoms with E-state index in [0.717, 1.165) is 17.7 Å². The number of anilines is 2. The van der Waals surface area contributed by atoms with E-state index in [1.54, 1.807) is 19.9 Å². The molecule has 1 aliphatic rings. The molecule has 1 aliphatic heterocycles.